The number of nitrogens with one attached hydrogen (secondary N) is 1. The molecule has 0 atom stereocenters. The van der Waals surface area contributed by atoms with E-state index >= 15 is 0 Å². The molecule has 2 aromatic carbocycles. The van der Waals surface area contributed by atoms with E-state index in [0.29, 0.717) is 48.2 Å². The average molecular weight is 431 g/mol. The zero-order valence-corrected chi connectivity index (χ0v) is 18.7. The van der Waals surface area contributed by atoms with E-state index in [9.17, 15) is 9.59 Å². The molecule has 168 valence electrons. The van der Waals surface area contributed by atoms with Crippen molar-refractivity contribution in [1.82, 2.24) is 0 Å². The van der Waals surface area contributed by atoms with Crippen molar-refractivity contribution in [3.8, 4) is 17.2 Å². The molecule has 8 heteroatoms. The largest absolute Gasteiger partial charge is 0.493 e. The lowest BCUT2D eigenvalue weighted by atomic mass is 10.2. The maximum absolute atomic E-state index is 12.6. The zero-order chi connectivity index (χ0) is 22.8. The third-order valence-electron chi connectivity index (χ3n) is 4.66. The lowest BCUT2D eigenvalue weighted by Gasteiger charge is -2.23. The SMILES string of the molecule is CCOC(=O)c1cccc(N(CC)CCC(=O)Nc2cc(OC)c(OC)c(OC)c2)c1. The lowest BCUT2D eigenvalue weighted by molar-refractivity contribution is -0.116. The van der Waals surface area contributed by atoms with E-state index < -0.39 is 0 Å². The number of ether oxygens (including phenoxy) is 4. The van der Waals surface area contributed by atoms with Crippen LogP contribution in [0.15, 0.2) is 36.4 Å². The summed E-state index contributed by atoms with van der Waals surface area (Å²) < 4.78 is 21.0. The number of nitrogens with zero attached hydrogens (tertiary/aromatic N) is 1. The highest BCUT2D eigenvalue weighted by Crippen LogP contribution is 2.39. The van der Waals surface area contributed by atoms with Crippen molar-refractivity contribution in [2.75, 3.05) is 51.2 Å². The van der Waals surface area contributed by atoms with Crippen molar-refractivity contribution in [2.24, 2.45) is 0 Å². The summed E-state index contributed by atoms with van der Waals surface area (Å²) in [7, 11) is 4.56. The Hall–Kier alpha value is -3.42. The number of carbonyl (C=O) groups excluding carboxylic acids is 2. The molecule has 2 rings (SSSR count). The summed E-state index contributed by atoms with van der Waals surface area (Å²) in [6.07, 6.45) is 0.258. The van der Waals surface area contributed by atoms with Gasteiger partial charge in [0.1, 0.15) is 0 Å². The van der Waals surface area contributed by atoms with Crippen LogP contribution < -0.4 is 24.4 Å². The van der Waals surface area contributed by atoms with Gasteiger partial charge in [0, 0.05) is 43.0 Å². The number of hydrogen-bond donors (Lipinski definition) is 1. The summed E-state index contributed by atoms with van der Waals surface area (Å²) in [6, 6.07) is 10.6. The Labute approximate surface area is 183 Å². The lowest BCUT2D eigenvalue weighted by Crippen LogP contribution is -2.27. The van der Waals surface area contributed by atoms with Crippen LogP contribution in [0.2, 0.25) is 0 Å². The van der Waals surface area contributed by atoms with Crippen LogP contribution in [-0.2, 0) is 9.53 Å². The Morgan fingerprint density at radius 2 is 1.65 bits per heavy atom. The van der Waals surface area contributed by atoms with Crippen LogP contribution in [0.3, 0.4) is 0 Å². The monoisotopic (exact) mass is 430 g/mol. The Kier molecular flexibility index (Phi) is 8.99. The number of carbonyl (C=O) groups is 2. The van der Waals surface area contributed by atoms with Gasteiger partial charge in [0.25, 0.3) is 0 Å². The van der Waals surface area contributed by atoms with Crippen LogP contribution in [0, 0.1) is 0 Å². The zero-order valence-electron chi connectivity index (χ0n) is 18.7. The van der Waals surface area contributed by atoms with Gasteiger partial charge in [-0.05, 0) is 32.0 Å². The molecule has 2 aromatic rings. The van der Waals surface area contributed by atoms with Crippen LogP contribution in [0.25, 0.3) is 0 Å². The van der Waals surface area contributed by atoms with Gasteiger partial charge >= 0.3 is 5.97 Å². The van der Waals surface area contributed by atoms with Gasteiger partial charge in [-0.2, -0.15) is 0 Å². The first-order valence-corrected chi connectivity index (χ1v) is 10.1. The summed E-state index contributed by atoms with van der Waals surface area (Å²) in [5.41, 5.74) is 1.89. The van der Waals surface area contributed by atoms with Crippen molar-refractivity contribution in [3.63, 3.8) is 0 Å². The van der Waals surface area contributed by atoms with Crippen LogP contribution in [0.5, 0.6) is 17.2 Å². The maximum Gasteiger partial charge on any atom is 0.338 e. The second kappa shape index (κ2) is 11.7. The van der Waals surface area contributed by atoms with Crippen molar-refractivity contribution < 1.29 is 28.5 Å². The Morgan fingerprint density at radius 1 is 0.968 bits per heavy atom. The minimum atomic E-state index is -0.361. The molecule has 0 radical (unpaired) electrons. The third kappa shape index (κ3) is 6.28. The highest BCUT2D eigenvalue weighted by atomic mass is 16.5. The molecule has 8 nitrogen and oxygen atoms in total. The molecule has 0 aliphatic rings. The van der Waals surface area contributed by atoms with Crippen molar-refractivity contribution in [1.29, 1.82) is 0 Å². The summed E-state index contributed by atoms with van der Waals surface area (Å²) >= 11 is 0. The first-order chi connectivity index (χ1) is 15.0. The van der Waals surface area contributed by atoms with Gasteiger partial charge in [-0.1, -0.05) is 6.07 Å². The van der Waals surface area contributed by atoms with E-state index in [1.54, 1.807) is 37.3 Å². The molecule has 1 N–H and O–H groups in total. The molecule has 0 unspecified atom stereocenters. The maximum atomic E-state index is 12.6. The third-order valence-corrected chi connectivity index (χ3v) is 4.66. The number of esters is 1. The number of methoxy groups -OCH3 is 3. The summed E-state index contributed by atoms with van der Waals surface area (Å²) in [6.45, 7) is 5.26. The number of anilines is 2. The van der Waals surface area contributed by atoms with E-state index in [2.05, 4.69) is 5.32 Å². The first kappa shape index (κ1) is 23.9. The molecule has 0 aromatic heterocycles. The Morgan fingerprint density at radius 3 is 2.19 bits per heavy atom. The van der Waals surface area contributed by atoms with Crippen molar-refractivity contribution in [2.45, 2.75) is 20.3 Å². The van der Waals surface area contributed by atoms with Crippen LogP contribution in [0.1, 0.15) is 30.6 Å². The fourth-order valence-corrected chi connectivity index (χ4v) is 3.13. The minimum Gasteiger partial charge on any atom is -0.493 e. The molecule has 31 heavy (non-hydrogen) atoms. The van der Waals surface area contributed by atoms with Gasteiger partial charge in [0.15, 0.2) is 11.5 Å². The normalized spacial score (nSPS) is 10.2. The molecule has 0 aliphatic heterocycles. The van der Waals surface area contributed by atoms with Gasteiger partial charge in [0.05, 0.1) is 33.5 Å². The molecule has 0 spiro atoms. The fraction of sp³-hybridized carbons (Fsp3) is 0.391. The molecule has 0 heterocycles. The minimum absolute atomic E-state index is 0.158. The topological polar surface area (TPSA) is 86.3 Å². The Bertz CT molecular complexity index is 874. The molecule has 0 saturated carbocycles. The quantitative estimate of drug-likeness (QED) is 0.544. The van der Waals surface area contributed by atoms with Gasteiger partial charge < -0.3 is 29.2 Å². The predicted molar refractivity (Wildman–Crippen MR) is 120 cm³/mol. The van der Waals surface area contributed by atoms with E-state index in [1.165, 1.54) is 21.3 Å². The van der Waals surface area contributed by atoms with Crippen molar-refractivity contribution >= 4 is 23.3 Å². The predicted octanol–water partition coefficient (Wildman–Crippen LogP) is 3.74. The summed E-state index contributed by atoms with van der Waals surface area (Å²) in [4.78, 5) is 26.6. The number of rotatable bonds is 11. The number of benzene rings is 2. The molecule has 0 saturated heterocycles. The smallest absolute Gasteiger partial charge is 0.338 e. The summed E-state index contributed by atoms with van der Waals surface area (Å²) in [5.74, 6) is 0.864. The van der Waals surface area contributed by atoms with Crippen LogP contribution >= 0.6 is 0 Å². The number of amides is 1. The van der Waals surface area contributed by atoms with E-state index in [4.69, 9.17) is 18.9 Å². The van der Waals surface area contributed by atoms with E-state index in [0.717, 1.165) is 5.69 Å². The second-order valence-corrected chi connectivity index (χ2v) is 6.56. The molecule has 1 amide bonds. The van der Waals surface area contributed by atoms with E-state index in [1.807, 2.05) is 17.9 Å². The number of hydrogen-bond acceptors (Lipinski definition) is 7. The fourth-order valence-electron chi connectivity index (χ4n) is 3.13. The van der Waals surface area contributed by atoms with Gasteiger partial charge in [-0.25, -0.2) is 4.79 Å². The van der Waals surface area contributed by atoms with Gasteiger partial charge in [0.2, 0.25) is 11.7 Å². The van der Waals surface area contributed by atoms with Gasteiger partial charge in [-0.3, -0.25) is 4.79 Å². The standard InChI is InChI=1S/C23H30N2O6/c1-6-25(18-10-8-9-16(13-18)23(27)31-7-2)12-11-21(26)24-17-14-19(28-3)22(30-5)20(15-17)29-4/h8-10,13-15H,6-7,11-12H2,1-5H3,(H,24,26). The molecule has 0 bridgehead atoms. The first-order valence-electron chi connectivity index (χ1n) is 10.1. The van der Waals surface area contributed by atoms with Crippen LogP contribution in [0.4, 0.5) is 11.4 Å². The molecular weight excluding hydrogens is 400 g/mol. The summed E-state index contributed by atoms with van der Waals surface area (Å²) in [5, 5.41) is 2.86. The van der Waals surface area contributed by atoms with E-state index in [-0.39, 0.29) is 18.3 Å². The second-order valence-electron chi connectivity index (χ2n) is 6.56. The average Bonchev–Trinajstić information content (AvgIpc) is 2.79. The molecular formula is C23H30N2O6. The highest BCUT2D eigenvalue weighted by Gasteiger charge is 2.16. The molecule has 0 fully saturated rings. The Balaban J connectivity index is 2.06. The molecule has 0 aliphatic carbocycles. The highest BCUT2D eigenvalue weighted by molar-refractivity contribution is 5.92. The van der Waals surface area contributed by atoms with Crippen molar-refractivity contribution in [3.05, 3.63) is 42.0 Å². The van der Waals surface area contributed by atoms with Gasteiger partial charge in [-0.15, -0.1) is 0 Å². The van der Waals surface area contributed by atoms with Crippen LogP contribution in [-0.4, -0.2) is 52.9 Å².